The summed E-state index contributed by atoms with van der Waals surface area (Å²) in [5, 5.41) is 10.6. The molecule has 5 nitrogen and oxygen atoms in total. The third-order valence-corrected chi connectivity index (χ3v) is 5.02. The molecule has 118 valence electrons. The SMILES string of the molecule is c1cncc(-c2nnc(C3CCCN(Cc4cccs4)C3)o2)c1. The van der Waals surface area contributed by atoms with Crippen LogP contribution in [-0.4, -0.2) is 33.2 Å². The van der Waals surface area contributed by atoms with Crippen LogP contribution in [0.2, 0.25) is 0 Å². The lowest BCUT2D eigenvalue weighted by Gasteiger charge is -2.30. The zero-order valence-electron chi connectivity index (χ0n) is 12.8. The standard InChI is InChI=1S/C17H18N4OS/c1-4-13(10-18-7-1)16-19-20-17(22-16)14-5-2-8-21(11-14)12-15-6-3-9-23-15/h1,3-4,6-7,9-10,14H,2,5,8,11-12H2. The first kappa shape index (κ1) is 14.5. The zero-order valence-corrected chi connectivity index (χ0v) is 13.6. The first-order chi connectivity index (χ1) is 11.4. The van der Waals surface area contributed by atoms with E-state index < -0.39 is 0 Å². The first-order valence-electron chi connectivity index (χ1n) is 7.87. The van der Waals surface area contributed by atoms with E-state index in [0.29, 0.717) is 11.8 Å². The highest BCUT2D eigenvalue weighted by Gasteiger charge is 2.26. The Bertz CT molecular complexity index is 741. The molecular weight excluding hydrogens is 308 g/mol. The predicted octanol–water partition coefficient (Wildman–Crippen LogP) is 3.57. The maximum absolute atomic E-state index is 5.91. The van der Waals surface area contributed by atoms with Gasteiger partial charge in [-0.3, -0.25) is 9.88 Å². The van der Waals surface area contributed by atoms with E-state index in [1.165, 1.54) is 11.3 Å². The van der Waals surface area contributed by atoms with Crippen LogP contribution in [0.4, 0.5) is 0 Å². The summed E-state index contributed by atoms with van der Waals surface area (Å²) in [6, 6.07) is 8.12. The minimum Gasteiger partial charge on any atom is -0.420 e. The minimum absolute atomic E-state index is 0.321. The van der Waals surface area contributed by atoms with Gasteiger partial charge < -0.3 is 4.42 Å². The normalized spacial score (nSPS) is 19.0. The molecule has 0 saturated carbocycles. The van der Waals surface area contributed by atoms with Gasteiger partial charge in [-0.05, 0) is 43.0 Å². The van der Waals surface area contributed by atoms with E-state index in [1.807, 2.05) is 23.5 Å². The van der Waals surface area contributed by atoms with E-state index in [0.717, 1.165) is 37.5 Å². The highest BCUT2D eigenvalue weighted by molar-refractivity contribution is 7.09. The molecule has 0 bridgehead atoms. The van der Waals surface area contributed by atoms with Crippen LogP contribution in [0.15, 0.2) is 46.5 Å². The lowest BCUT2D eigenvalue weighted by Crippen LogP contribution is -2.33. The smallest absolute Gasteiger partial charge is 0.249 e. The number of piperidine rings is 1. The molecule has 0 radical (unpaired) electrons. The van der Waals surface area contributed by atoms with Crippen LogP contribution in [0, 0.1) is 0 Å². The van der Waals surface area contributed by atoms with E-state index in [4.69, 9.17) is 4.42 Å². The van der Waals surface area contributed by atoms with Gasteiger partial charge in [0.1, 0.15) is 0 Å². The van der Waals surface area contributed by atoms with E-state index in [1.54, 1.807) is 12.4 Å². The second kappa shape index (κ2) is 6.60. The van der Waals surface area contributed by atoms with Crippen LogP contribution in [-0.2, 0) is 6.54 Å². The average Bonchev–Trinajstić information content (AvgIpc) is 3.28. The summed E-state index contributed by atoms with van der Waals surface area (Å²) in [6.45, 7) is 3.13. The summed E-state index contributed by atoms with van der Waals surface area (Å²) < 4.78 is 5.91. The molecule has 6 heteroatoms. The molecule has 4 rings (SSSR count). The van der Waals surface area contributed by atoms with Gasteiger partial charge in [-0.2, -0.15) is 0 Å². The number of rotatable bonds is 4. The highest BCUT2D eigenvalue weighted by atomic mass is 32.1. The fourth-order valence-electron chi connectivity index (χ4n) is 3.03. The fraction of sp³-hybridized carbons (Fsp3) is 0.353. The highest BCUT2D eigenvalue weighted by Crippen LogP contribution is 2.29. The molecule has 23 heavy (non-hydrogen) atoms. The Hall–Kier alpha value is -2.05. The Morgan fingerprint density at radius 1 is 1.26 bits per heavy atom. The molecular formula is C17H18N4OS. The molecule has 3 aromatic rings. The minimum atomic E-state index is 0.321. The number of thiophene rings is 1. The molecule has 0 N–H and O–H groups in total. The van der Waals surface area contributed by atoms with Gasteiger partial charge in [0.25, 0.3) is 0 Å². The van der Waals surface area contributed by atoms with E-state index >= 15 is 0 Å². The van der Waals surface area contributed by atoms with E-state index in [2.05, 4.69) is 37.6 Å². The van der Waals surface area contributed by atoms with Gasteiger partial charge in [0, 0.05) is 30.4 Å². The molecule has 1 aliphatic heterocycles. The molecule has 0 aromatic carbocycles. The Morgan fingerprint density at radius 3 is 3.09 bits per heavy atom. The van der Waals surface area contributed by atoms with Gasteiger partial charge in [-0.25, -0.2) is 0 Å². The summed E-state index contributed by atoms with van der Waals surface area (Å²) in [5.74, 6) is 1.63. The largest absolute Gasteiger partial charge is 0.420 e. The third kappa shape index (κ3) is 3.33. The van der Waals surface area contributed by atoms with Crippen molar-refractivity contribution in [3.8, 4) is 11.5 Å². The molecule has 4 heterocycles. The molecule has 0 spiro atoms. The molecule has 1 saturated heterocycles. The number of hydrogen-bond donors (Lipinski definition) is 0. The van der Waals surface area contributed by atoms with Crippen LogP contribution in [0.5, 0.6) is 0 Å². The second-order valence-electron chi connectivity index (χ2n) is 5.84. The van der Waals surface area contributed by atoms with Crippen molar-refractivity contribution in [3.05, 3.63) is 52.8 Å². The zero-order chi connectivity index (χ0) is 15.5. The van der Waals surface area contributed by atoms with Crippen molar-refractivity contribution >= 4 is 11.3 Å². The van der Waals surface area contributed by atoms with Crippen LogP contribution in [0.1, 0.15) is 29.5 Å². The van der Waals surface area contributed by atoms with Gasteiger partial charge in [-0.1, -0.05) is 6.07 Å². The summed E-state index contributed by atoms with van der Waals surface area (Å²) in [5.41, 5.74) is 0.873. The molecule has 1 atom stereocenters. The summed E-state index contributed by atoms with van der Waals surface area (Å²) in [7, 11) is 0. The van der Waals surface area contributed by atoms with Crippen LogP contribution < -0.4 is 0 Å². The average molecular weight is 326 g/mol. The number of likely N-dealkylation sites (tertiary alicyclic amines) is 1. The molecule has 0 amide bonds. The Balaban J connectivity index is 1.46. The summed E-state index contributed by atoms with van der Waals surface area (Å²) >= 11 is 1.81. The van der Waals surface area contributed by atoms with E-state index in [9.17, 15) is 0 Å². The Kier molecular flexibility index (Phi) is 4.17. The van der Waals surface area contributed by atoms with Gasteiger partial charge in [0.2, 0.25) is 11.8 Å². The maximum atomic E-state index is 5.91. The Morgan fingerprint density at radius 2 is 2.26 bits per heavy atom. The van der Waals surface area contributed by atoms with Crippen molar-refractivity contribution < 1.29 is 4.42 Å². The van der Waals surface area contributed by atoms with Gasteiger partial charge >= 0.3 is 0 Å². The van der Waals surface area contributed by atoms with Crippen LogP contribution in [0.3, 0.4) is 0 Å². The number of pyridine rings is 1. The molecule has 1 fully saturated rings. The molecule has 1 unspecified atom stereocenters. The van der Waals surface area contributed by atoms with Gasteiger partial charge in [0.15, 0.2) is 0 Å². The van der Waals surface area contributed by atoms with Crippen LogP contribution in [0.25, 0.3) is 11.5 Å². The monoisotopic (exact) mass is 326 g/mol. The number of aromatic nitrogens is 3. The van der Waals surface area contributed by atoms with Crippen molar-refractivity contribution in [1.29, 1.82) is 0 Å². The molecule has 3 aromatic heterocycles. The van der Waals surface area contributed by atoms with Crippen LogP contribution >= 0.6 is 11.3 Å². The lowest BCUT2D eigenvalue weighted by atomic mass is 9.98. The van der Waals surface area contributed by atoms with Crippen molar-refractivity contribution in [2.24, 2.45) is 0 Å². The molecule has 0 aliphatic carbocycles. The van der Waals surface area contributed by atoms with Gasteiger partial charge in [-0.15, -0.1) is 21.5 Å². The maximum Gasteiger partial charge on any atom is 0.249 e. The predicted molar refractivity (Wildman–Crippen MR) is 89.1 cm³/mol. The second-order valence-corrected chi connectivity index (χ2v) is 6.87. The number of nitrogens with zero attached hydrogens (tertiary/aromatic N) is 4. The third-order valence-electron chi connectivity index (χ3n) is 4.16. The van der Waals surface area contributed by atoms with Crippen molar-refractivity contribution in [3.63, 3.8) is 0 Å². The van der Waals surface area contributed by atoms with Crippen molar-refractivity contribution in [2.45, 2.75) is 25.3 Å². The summed E-state index contributed by atoms with van der Waals surface area (Å²) in [6.07, 6.45) is 5.77. The first-order valence-corrected chi connectivity index (χ1v) is 8.75. The quantitative estimate of drug-likeness (QED) is 0.733. The fourth-order valence-corrected chi connectivity index (χ4v) is 3.78. The lowest BCUT2D eigenvalue weighted by molar-refractivity contribution is 0.188. The number of hydrogen-bond acceptors (Lipinski definition) is 6. The summed E-state index contributed by atoms with van der Waals surface area (Å²) in [4.78, 5) is 7.99. The van der Waals surface area contributed by atoms with E-state index in [-0.39, 0.29) is 0 Å². The molecule has 1 aliphatic rings. The van der Waals surface area contributed by atoms with Crippen molar-refractivity contribution in [1.82, 2.24) is 20.1 Å². The van der Waals surface area contributed by atoms with Crippen molar-refractivity contribution in [2.75, 3.05) is 13.1 Å². The van der Waals surface area contributed by atoms with Gasteiger partial charge in [0.05, 0.1) is 11.5 Å². The topological polar surface area (TPSA) is 55.1 Å². The Labute approximate surface area is 139 Å².